The Balaban J connectivity index is 1.38. The van der Waals surface area contributed by atoms with Gasteiger partial charge in [-0.25, -0.2) is 4.98 Å². The largest absolute Gasteiger partial charge is 0.436 e. The van der Waals surface area contributed by atoms with Crippen molar-refractivity contribution in [1.82, 2.24) is 4.98 Å². The van der Waals surface area contributed by atoms with Crippen LogP contribution in [0.4, 0.5) is 11.4 Å². The first-order chi connectivity index (χ1) is 17.2. The van der Waals surface area contributed by atoms with Gasteiger partial charge in [0.25, 0.3) is 0 Å². The first-order valence-corrected chi connectivity index (χ1v) is 12.9. The summed E-state index contributed by atoms with van der Waals surface area (Å²) in [6.07, 6.45) is 1.10. The van der Waals surface area contributed by atoms with Crippen molar-refractivity contribution < 1.29 is 14.0 Å². The molecular weight excluding hydrogens is 470 g/mol. The Morgan fingerprint density at radius 2 is 1.69 bits per heavy atom. The van der Waals surface area contributed by atoms with E-state index in [0.717, 1.165) is 27.2 Å². The minimum Gasteiger partial charge on any atom is -0.436 e. The van der Waals surface area contributed by atoms with Crippen LogP contribution in [-0.4, -0.2) is 22.0 Å². The van der Waals surface area contributed by atoms with E-state index in [2.05, 4.69) is 15.6 Å². The summed E-state index contributed by atoms with van der Waals surface area (Å²) in [4.78, 5) is 30.8. The number of anilines is 2. The smallest absolute Gasteiger partial charge is 0.237 e. The third kappa shape index (κ3) is 6.76. The standard InChI is InChI=1S/C29H31N3O3S/c1-5-25(36-22-10-8-9-21(17-22)30-26(33)18-29(2,3)4)27(34)31-20-15-13-19(14-16-20)28-32-23-11-6-7-12-24(23)35-28/h6-17,25H,5,18H2,1-4H3,(H,30,33)(H,31,34). The lowest BCUT2D eigenvalue weighted by Crippen LogP contribution is -2.24. The number of nitrogens with zero attached hydrogens (tertiary/aromatic N) is 1. The lowest BCUT2D eigenvalue weighted by atomic mass is 9.92. The topological polar surface area (TPSA) is 84.2 Å². The van der Waals surface area contributed by atoms with Gasteiger partial charge in [0.1, 0.15) is 5.52 Å². The summed E-state index contributed by atoms with van der Waals surface area (Å²) < 4.78 is 5.83. The van der Waals surface area contributed by atoms with Crippen LogP contribution in [0.5, 0.6) is 0 Å². The van der Waals surface area contributed by atoms with E-state index in [-0.39, 0.29) is 22.5 Å². The number of para-hydroxylation sites is 2. The van der Waals surface area contributed by atoms with E-state index in [9.17, 15) is 9.59 Å². The molecule has 0 spiro atoms. The number of benzene rings is 3. The Kier molecular flexibility index (Phi) is 7.79. The summed E-state index contributed by atoms with van der Waals surface area (Å²) in [7, 11) is 0. The molecule has 7 heteroatoms. The van der Waals surface area contributed by atoms with Gasteiger partial charge < -0.3 is 15.1 Å². The van der Waals surface area contributed by atoms with Crippen molar-refractivity contribution in [2.24, 2.45) is 5.41 Å². The fourth-order valence-electron chi connectivity index (χ4n) is 3.74. The maximum atomic E-state index is 13.0. The predicted molar refractivity (Wildman–Crippen MR) is 147 cm³/mol. The highest BCUT2D eigenvalue weighted by atomic mass is 32.2. The molecule has 4 rings (SSSR count). The lowest BCUT2D eigenvalue weighted by Gasteiger charge is -2.18. The van der Waals surface area contributed by atoms with Gasteiger partial charge in [-0.15, -0.1) is 11.8 Å². The van der Waals surface area contributed by atoms with E-state index in [4.69, 9.17) is 4.42 Å². The number of carbonyl (C=O) groups excluding carboxylic acids is 2. The second kappa shape index (κ2) is 11.0. The zero-order chi connectivity index (χ0) is 25.7. The highest BCUT2D eigenvalue weighted by molar-refractivity contribution is 8.00. The number of amides is 2. The first kappa shape index (κ1) is 25.5. The van der Waals surface area contributed by atoms with Crippen molar-refractivity contribution in [3.8, 4) is 11.5 Å². The molecule has 1 unspecified atom stereocenters. The number of thioether (sulfide) groups is 1. The van der Waals surface area contributed by atoms with Gasteiger partial charge in [0.15, 0.2) is 5.58 Å². The quantitative estimate of drug-likeness (QED) is 0.246. The van der Waals surface area contributed by atoms with Crippen LogP contribution >= 0.6 is 11.8 Å². The van der Waals surface area contributed by atoms with Crippen molar-refractivity contribution in [2.75, 3.05) is 10.6 Å². The number of hydrogen-bond acceptors (Lipinski definition) is 5. The van der Waals surface area contributed by atoms with E-state index < -0.39 is 0 Å². The van der Waals surface area contributed by atoms with Crippen LogP contribution in [0.15, 0.2) is 82.1 Å². The van der Waals surface area contributed by atoms with Gasteiger partial charge >= 0.3 is 0 Å². The molecule has 0 aliphatic carbocycles. The van der Waals surface area contributed by atoms with Crippen molar-refractivity contribution >= 4 is 46.1 Å². The fraction of sp³-hybridized carbons (Fsp3) is 0.276. The molecule has 6 nitrogen and oxygen atoms in total. The molecule has 3 aromatic carbocycles. The molecule has 1 atom stereocenters. The first-order valence-electron chi connectivity index (χ1n) is 12.0. The third-order valence-electron chi connectivity index (χ3n) is 5.44. The molecule has 4 aromatic rings. The highest BCUT2D eigenvalue weighted by Crippen LogP contribution is 2.30. The van der Waals surface area contributed by atoms with Crippen LogP contribution in [0.2, 0.25) is 0 Å². The summed E-state index contributed by atoms with van der Waals surface area (Å²) in [5.41, 5.74) is 3.76. The van der Waals surface area contributed by atoms with E-state index in [0.29, 0.717) is 24.4 Å². The highest BCUT2D eigenvalue weighted by Gasteiger charge is 2.20. The van der Waals surface area contributed by atoms with Crippen LogP contribution in [0.1, 0.15) is 40.5 Å². The van der Waals surface area contributed by atoms with E-state index in [1.165, 1.54) is 11.8 Å². The average Bonchev–Trinajstić information content (AvgIpc) is 3.26. The molecule has 36 heavy (non-hydrogen) atoms. The number of carbonyl (C=O) groups is 2. The summed E-state index contributed by atoms with van der Waals surface area (Å²) in [5.74, 6) is 0.459. The Morgan fingerprint density at radius 3 is 2.39 bits per heavy atom. The van der Waals surface area contributed by atoms with Crippen LogP contribution < -0.4 is 10.6 Å². The molecule has 2 amide bonds. The van der Waals surface area contributed by atoms with Crippen LogP contribution in [0, 0.1) is 5.41 Å². The van der Waals surface area contributed by atoms with Crippen molar-refractivity contribution in [1.29, 1.82) is 0 Å². The molecule has 0 fully saturated rings. The molecule has 186 valence electrons. The van der Waals surface area contributed by atoms with Gasteiger partial charge in [0.05, 0.1) is 5.25 Å². The maximum absolute atomic E-state index is 13.0. The molecule has 0 aliphatic heterocycles. The Morgan fingerprint density at radius 1 is 0.944 bits per heavy atom. The van der Waals surface area contributed by atoms with Crippen molar-refractivity contribution in [3.63, 3.8) is 0 Å². The molecule has 0 bridgehead atoms. The van der Waals surface area contributed by atoms with Gasteiger partial charge in [-0.1, -0.05) is 45.9 Å². The monoisotopic (exact) mass is 501 g/mol. The summed E-state index contributed by atoms with van der Waals surface area (Å²) in [6.45, 7) is 8.09. The number of hydrogen-bond donors (Lipinski definition) is 2. The molecule has 0 saturated heterocycles. The molecule has 0 radical (unpaired) electrons. The van der Waals surface area contributed by atoms with Crippen molar-refractivity contribution in [2.45, 2.75) is 50.7 Å². The molecule has 2 N–H and O–H groups in total. The average molecular weight is 502 g/mol. The lowest BCUT2D eigenvalue weighted by molar-refractivity contribution is -0.118. The minimum absolute atomic E-state index is 0.0178. The second-order valence-electron chi connectivity index (χ2n) is 9.88. The van der Waals surface area contributed by atoms with Gasteiger partial charge in [-0.05, 0) is 66.4 Å². The van der Waals surface area contributed by atoms with Crippen LogP contribution in [-0.2, 0) is 9.59 Å². The molecule has 1 heterocycles. The summed E-state index contributed by atoms with van der Waals surface area (Å²) in [5, 5.41) is 5.70. The SMILES string of the molecule is CCC(Sc1cccc(NC(=O)CC(C)(C)C)c1)C(=O)Nc1ccc(-c2nc3ccccc3o2)cc1. The number of fused-ring (bicyclic) bond motifs is 1. The number of nitrogens with one attached hydrogen (secondary N) is 2. The van der Waals surface area contributed by atoms with E-state index in [1.807, 2.05) is 100 Å². The predicted octanol–water partition coefficient (Wildman–Crippen LogP) is 7.38. The Hall–Kier alpha value is -3.58. The number of aromatic nitrogens is 1. The maximum Gasteiger partial charge on any atom is 0.237 e. The Bertz CT molecular complexity index is 1320. The molecule has 0 aliphatic rings. The second-order valence-corrected chi connectivity index (χ2v) is 11.2. The molecular formula is C29H31N3O3S. The molecule has 0 saturated carbocycles. The zero-order valence-electron chi connectivity index (χ0n) is 21.0. The summed E-state index contributed by atoms with van der Waals surface area (Å²) in [6, 6.07) is 22.7. The number of rotatable bonds is 8. The van der Waals surface area contributed by atoms with Gasteiger partial charge in [0, 0.05) is 28.3 Å². The van der Waals surface area contributed by atoms with Crippen LogP contribution in [0.3, 0.4) is 0 Å². The van der Waals surface area contributed by atoms with Crippen molar-refractivity contribution in [3.05, 3.63) is 72.8 Å². The van der Waals surface area contributed by atoms with Gasteiger partial charge in [0.2, 0.25) is 17.7 Å². The van der Waals surface area contributed by atoms with E-state index in [1.54, 1.807) is 0 Å². The third-order valence-corrected chi connectivity index (χ3v) is 6.80. The van der Waals surface area contributed by atoms with Crippen LogP contribution in [0.25, 0.3) is 22.6 Å². The molecule has 1 aromatic heterocycles. The fourth-order valence-corrected chi connectivity index (χ4v) is 4.75. The normalized spacial score (nSPS) is 12.3. The Labute approximate surface area is 215 Å². The summed E-state index contributed by atoms with van der Waals surface area (Å²) >= 11 is 1.48. The van der Waals surface area contributed by atoms with E-state index >= 15 is 0 Å². The van der Waals surface area contributed by atoms with Gasteiger partial charge in [-0.3, -0.25) is 9.59 Å². The zero-order valence-corrected chi connectivity index (χ0v) is 21.8. The minimum atomic E-state index is -0.276. The number of oxazole rings is 1. The van der Waals surface area contributed by atoms with Gasteiger partial charge in [-0.2, -0.15) is 0 Å².